The molecule has 0 saturated heterocycles. The Morgan fingerprint density at radius 2 is 2.20 bits per heavy atom. The van der Waals surface area contributed by atoms with Crippen molar-refractivity contribution in [1.29, 1.82) is 0 Å². The van der Waals surface area contributed by atoms with Crippen LogP contribution in [0.15, 0.2) is 12.7 Å². The van der Waals surface area contributed by atoms with E-state index in [2.05, 4.69) is 6.58 Å². The van der Waals surface area contributed by atoms with E-state index >= 15 is 0 Å². The van der Waals surface area contributed by atoms with Crippen molar-refractivity contribution in [1.82, 2.24) is 4.90 Å². The molecule has 0 aliphatic carbocycles. The monoisotopic (exact) mass is 217 g/mol. The lowest BCUT2D eigenvalue weighted by Crippen LogP contribution is -2.33. The average molecular weight is 217 g/mol. The van der Waals surface area contributed by atoms with Gasteiger partial charge in [-0.3, -0.25) is 9.69 Å². The Hall–Kier alpha value is -0.910. The molecular formula is C10H19NO4. The maximum Gasteiger partial charge on any atom is 0.317 e. The minimum Gasteiger partial charge on any atom is -0.480 e. The van der Waals surface area contributed by atoms with E-state index in [-0.39, 0.29) is 6.54 Å². The van der Waals surface area contributed by atoms with E-state index in [1.807, 2.05) is 0 Å². The molecule has 0 aromatic heterocycles. The third-order valence-corrected chi connectivity index (χ3v) is 1.73. The van der Waals surface area contributed by atoms with Crippen LogP contribution in [0.25, 0.3) is 0 Å². The van der Waals surface area contributed by atoms with Gasteiger partial charge in [0.05, 0.1) is 26.4 Å². The van der Waals surface area contributed by atoms with Crippen LogP contribution in [0.5, 0.6) is 0 Å². The Morgan fingerprint density at radius 1 is 1.47 bits per heavy atom. The normalized spacial score (nSPS) is 10.5. The first-order chi connectivity index (χ1) is 7.20. The zero-order valence-electron chi connectivity index (χ0n) is 9.15. The van der Waals surface area contributed by atoms with Gasteiger partial charge in [0.1, 0.15) is 0 Å². The summed E-state index contributed by atoms with van der Waals surface area (Å²) in [6.07, 6.45) is 1.68. The van der Waals surface area contributed by atoms with Crippen molar-refractivity contribution in [2.45, 2.75) is 0 Å². The number of nitrogens with zero attached hydrogens (tertiary/aromatic N) is 1. The summed E-state index contributed by atoms with van der Waals surface area (Å²) >= 11 is 0. The first-order valence-electron chi connectivity index (χ1n) is 4.82. The van der Waals surface area contributed by atoms with Gasteiger partial charge in [0.2, 0.25) is 0 Å². The molecule has 5 heteroatoms. The van der Waals surface area contributed by atoms with Gasteiger partial charge in [0.15, 0.2) is 0 Å². The van der Waals surface area contributed by atoms with E-state index in [4.69, 9.17) is 14.6 Å². The van der Waals surface area contributed by atoms with Gasteiger partial charge < -0.3 is 14.6 Å². The smallest absolute Gasteiger partial charge is 0.317 e. The second-order valence-corrected chi connectivity index (χ2v) is 3.02. The Morgan fingerprint density at radius 3 is 2.73 bits per heavy atom. The van der Waals surface area contributed by atoms with Crippen LogP contribution in [0.1, 0.15) is 0 Å². The number of hydrogen-bond donors (Lipinski definition) is 1. The van der Waals surface area contributed by atoms with Crippen LogP contribution < -0.4 is 0 Å². The van der Waals surface area contributed by atoms with Gasteiger partial charge in [-0.15, -0.1) is 6.58 Å². The van der Waals surface area contributed by atoms with Crippen molar-refractivity contribution in [2.24, 2.45) is 0 Å². The third kappa shape index (κ3) is 9.40. The molecule has 0 fully saturated rings. The molecule has 0 aliphatic rings. The van der Waals surface area contributed by atoms with E-state index < -0.39 is 5.97 Å². The molecule has 0 spiro atoms. The molecule has 88 valence electrons. The van der Waals surface area contributed by atoms with Crippen LogP contribution in [-0.2, 0) is 14.3 Å². The Kier molecular flexibility index (Phi) is 9.05. The fourth-order valence-corrected chi connectivity index (χ4v) is 1.05. The summed E-state index contributed by atoms with van der Waals surface area (Å²) in [5.74, 6) is -0.839. The van der Waals surface area contributed by atoms with Crippen LogP contribution in [0.3, 0.4) is 0 Å². The summed E-state index contributed by atoms with van der Waals surface area (Å²) in [6, 6.07) is 0. The van der Waals surface area contributed by atoms with Crippen LogP contribution >= 0.6 is 0 Å². The minimum atomic E-state index is -0.839. The molecule has 0 aromatic carbocycles. The topological polar surface area (TPSA) is 59.0 Å². The SMILES string of the molecule is C=CCN(CCOCCOC)CC(=O)O. The highest BCUT2D eigenvalue weighted by atomic mass is 16.5. The molecule has 0 aliphatic heterocycles. The molecule has 0 rings (SSSR count). The fraction of sp³-hybridized carbons (Fsp3) is 0.700. The van der Waals surface area contributed by atoms with Crippen LogP contribution in [0.2, 0.25) is 0 Å². The van der Waals surface area contributed by atoms with E-state index in [1.165, 1.54) is 0 Å². The van der Waals surface area contributed by atoms with Crippen molar-refractivity contribution in [3.8, 4) is 0 Å². The highest BCUT2D eigenvalue weighted by Crippen LogP contribution is 1.89. The number of aliphatic carboxylic acids is 1. The Balaban J connectivity index is 3.56. The number of carboxylic acid groups (broad SMARTS) is 1. The van der Waals surface area contributed by atoms with Gasteiger partial charge >= 0.3 is 5.97 Å². The number of carboxylic acids is 1. The predicted molar refractivity (Wildman–Crippen MR) is 57.0 cm³/mol. The molecule has 15 heavy (non-hydrogen) atoms. The number of carbonyl (C=O) groups is 1. The number of hydrogen-bond acceptors (Lipinski definition) is 4. The fourth-order valence-electron chi connectivity index (χ4n) is 1.05. The molecule has 0 saturated carbocycles. The molecule has 1 N–H and O–H groups in total. The largest absolute Gasteiger partial charge is 0.480 e. The molecule has 0 radical (unpaired) electrons. The summed E-state index contributed by atoms with van der Waals surface area (Å²) in [7, 11) is 1.61. The molecule has 0 bridgehead atoms. The maximum absolute atomic E-state index is 10.5. The van der Waals surface area contributed by atoms with Gasteiger partial charge in [-0.25, -0.2) is 0 Å². The molecule has 5 nitrogen and oxygen atoms in total. The highest BCUT2D eigenvalue weighted by molar-refractivity contribution is 5.69. The van der Waals surface area contributed by atoms with E-state index in [0.717, 1.165) is 0 Å². The molecule has 0 atom stereocenters. The summed E-state index contributed by atoms with van der Waals surface area (Å²) in [5.41, 5.74) is 0. The first-order valence-corrected chi connectivity index (χ1v) is 4.82. The maximum atomic E-state index is 10.5. The third-order valence-electron chi connectivity index (χ3n) is 1.73. The Labute approximate surface area is 90.3 Å². The van der Waals surface area contributed by atoms with Gasteiger partial charge in [-0.05, 0) is 0 Å². The van der Waals surface area contributed by atoms with Crippen molar-refractivity contribution in [3.05, 3.63) is 12.7 Å². The van der Waals surface area contributed by atoms with Crippen LogP contribution in [-0.4, -0.2) is 62.5 Å². The van der Waals surface area contributed by atoms with Crippen molar-refractivity contribution < 1.29 is 19.4 Å². The first kappa shape index (κ1) is 14.1. The number of rotatable bonds is 10. The zero-order valence-corrected chi connectivity index (χ0v) is 9.15. The predicted octanol–water partition coefficient (Wildman–Crippen LogP) is 0.222. The molecular weight excluding hydrogens is 198 g/mol. The summed E-state index contributed by atoms with van der Waals surface area (Å²) < 4.78 is 10.1. The van der Waals surface area contributed by atoms with Gasteiger partial charge in [0, 0.05) is 20.2 Å². The second kappa shape index (κ2) is 9.64. The standard InChI is InChI=1S/C10H19NO4/c1-3-4-11(9-10(12)13)5-6-15-8-7-14-2/h3H,1,4-9H2,2H3,(H,12,13). The van der Waals surface area contributed by atoms with Crippen molar-refractivity contribution in [3.63, 3.8) is 0 Å². The van der Waals surface area contributed by atoms with E-state index in [9.17, 15) is 4.79 Å². The van der Waals surface area contributed by atoms with Crippen molar-refractivity contribution in [2.75, 3.05) is 46.6 Å². The summed E-state index contributed by atoms with van der Waals surface area (Å²) in [5, 5.41) is 8.61. The van der Waals surface area contributed by atoms with Gasteiger partial charge in [0.25, 0.3) is 0 Å². The number of methoxy groups -OCH3 is 1. The molecule has 0 aromatic rings. The average Bonchev–Trinajstić information content (AvgIpc) is 2.17. The van der Waals surface area contributed by atoms with Crippen LogP contribution in [0, 0.1) is 0 Å². The van der Waals surface area contributed by atoms with Gasteiger partial charge in [-0.2, -0.15) is 0 Å². The lowest BCUT2D eigenvalue weighted by atomic mass is 10.4. The zero-order chi connectivity index (χ0) is 11.5. The number of ether oxygens (including phenoxy) is 2. The lowest BCUT2D eigenvalue weighted by Gasteiger charge is -2.17. The molecule has 0 amide bonds. The minimum absolute atomic E-state index is 0.0135. The summed E-state index contributed by atoms with van der Waals surface area (Å²) in [4.78, 5) is 12.2. The highest BCUT2D eigenvalue weighted by Gasteiger charge is 2.07. The summed E-state index contributed by atoms with van der Waals surface area (Å²) in [6.45, 7) is 6.32. The van der Waals surface area contributed by atoms with Gasteiger partial charge in [-0.1, -0.05) is 6.08 Å². The van der Waals surface area contributed by atoms with E-state index in [0.29, 0.717) is 32.9 Å². The van der Waals surface area contributed by atoms with Crippen LogP contribution in [0.4, 0.5) is 0 Å². The molecule has 0 heterocycles. The second-order valence-electron chi connectivity index (χ2n) is 3.02. The molecule has 0 unspecified atom stereocenters. The quantitative estimate of drug-likeness (QED) is 0.419. The Bertz CT molecular complexity index is 184. The van der Waals surface area contributed by atoms with Crippen molar-refractivity contribution >= 4 is 5.97 Å². The van der Waals surface area contributed by atoms with E-state index in [1.54, 1.807) is 18.1 Å². The lowest BCUT2D eigenvalue weighted by molar-refractivity contribution is -0.138.